The first-order valence-corrected chi connectivity index (χ1v) is 8.49. The number of imidazole rings is 1. The number of hydrogen-bond acceptors (Lipinski definition) is 3. The van der Waals surface area contributed by atoms with E-state index in [1.54, 1.807) is 7.11 Å². The highest BCUT2D eigenvalue weighted by Crippen LogP contribution is 2.16. The van der Waals surface area contributed by atoms with Crippen LogP contribution in [0.1, 0.15) is 23.9 Å². The van der Waals surface area contributed by atoms with Gasteiger partial charge in [0.25, 0.3) is 0 Å². The molecule has 0 saturated heterocycles. The van der Waals surface area contributed by atoms with Crippen LogP contribution in [0.3, 0.4) is 0 Å². The molecule has 0 radical (unpaired) electrons. The third-order valence-corrected chi connectivity index (χ3v) is 4.25. The average Bonchev–Trinajstić information content (AvgIpc) is 2.99. The van der Waals surface area contributed by atoms with Crippen molar-refractivity contribution in [3.63, 3.8) is 0 Å². The topological polar surface area (TPSA) is 56.2 Å². The highest BCUT2D eigenvalue weighted by Gasteiger charge is 2.12. The van der Waals surface area contributed by atoms with Crippen LogP contribution in [-0.4, -0.2) is 22.6 Å². The third kappa shape index (κ3) is 3.88. The second kappa shape index (κ2) is 7.94. The molecule has 0 atom stereocenters. The molecule has 3 aromatic rings. The van der Waals surface area contributed by atoms with Crippen LogP contribution in [0, 0.1) is 0 Å². The summed E-state index contributed by atoms with van der Waals surface area (Å²) < 4.78 is 7.21. The maximum absolute atomic E-state index is 12.5. The lowest BCUT2D eigenvalue weighted by Crippen LogP contribution is -2.28. The van der Waals surface area contributed by atoms with Gasteiger partial charge in [0.15, 0.2) is 0 Å². The number of carbonyl (C=O) groups is 1. The summed E-state index contributed by atoms with van der Waals surface area (Å²) in [4.78, 5) is 17.1. The Morgan fingerprint density at radius 3 is 2.60 bits per heavy atom. The van der Waals surface area contributed by atoms with E-state index in [1.165, 1.54) is 0 Å². The van der Waals surface area contributed by atoms with Crippen LogP contribution in [0.25, 0.3) is 11.0 Å². The molecule has 0 saturated carbocycles. The van der Waals surface area contributed by atoms with Crippen molar-refractivity contribution < 1.29 is 9.53 Å². The van der Waals surface area contributed by atoms with Gasteiger partial charge < -0.3 is 14.6 Å². The molecule has 0 unspecified atom stereocenters. The molecule has 0 aliphatic rings. The Balaban J connectivity index is 1.71. The van der Waals surface area contributed by atoms with Gasteiger partial charge in [0.2, 0.25) is 5.91 Å². The molecule has 1 N–H and O–H groups in total. The zero-order chi connectivity index (χ0) is 17.6. The molecule has 25 heavy (non-hydrogen) atoms. The normalized spacial score (nSPS) is 11.0. The standard InChI is InChI=1S/C20H23N3O2/c1-3-19-22-17-10-6-7-11-18(17)23(19)13-20(24)21-12-15-8-4-5-9-16(15)14-25-2/h4-11H,3,12-14H2,1-2H3,(H,21,24). The van der Waals surface area contributed by atoms with Crippen molar-refractivity contribution in [1.82, 2.24) is 14.9 Å². The number of ether oxygens (including phenoxy) is 1. The minimum Gasteiger partial charge on any atom is -0.380 e. The quantitative estimate of drug-likeness (QED) is 0.721. The first-order chi connectivity index (χ1) is 12.2. The molecule has 1 amide bonds. The van der Waals surface area contributed by atoms with E-state index in [-0.39, 0.29) is 12.5 Å². The number of aromatic nitrogens is 2. The summed E-state index contributed by atoms with van der Waals surface area (Å²) in [5.41, 5.74) is 4.09. The Kier molecular flexibility index (Phi) is 5.46. The number of fused-ring (bicyclic) bond motifs is 1. The molecule has 1 aromatic heterocycles. The van der Waals surface area contributed by atoms with E-state index in [4.69, 9.17) is 4.74 Å². The van der Waals surface area contributed by atoms with Crippen LogP contribution >= 0.6 is 0 Å². The fourth-order valence-corrected chi connectivity index (χ4v) is 2.99. The number of methoxy groups -OCH3 is 1. The first kappa shape index (κ1) is 17.2. The summed E-state index contributed by atoms with van der Waals surface area (Å²) >= 11 is 0. The van der Waals surface area contributed by atoms with Crippen molar-refractivity contribution in [1.29, 1.82) is 0 Å². The van der Waals surface area contributed by atoms with Gasteiger partial charge in [-0.2, -0.15) is 0 Å². The van der Waals surface area contributed by atoms with Crippen LogP contribution in [0.5, 0.6) is 0 Å². The third-order valence-electron chi connectivity index (χ3n) is 4.25. The van der Waals surface area contributed by atoms with Gasteiger partial charge in [0.05, 0.1) is 17.6 Å². The molecule has 5 heteroatoms. The van der Waals surface area contributed by atoms with Crippen molar-refractivity contribution in [2.45, 2.75) is 33.0 Å². The highest BCUT2D eigenvalue weighted by molar-refractivity contribution is 5.81. The summed E-state index contributed by atoms with van der Waals surface area (Å²) in [7, 11) is 1.67. The second-order valence-electron chi connectivity index (χ2n) is 5.93. The first-order valence-electron chi connectivity index (χ1n) is 8.49. The average molecular weight is 337 g/mol. The Bertz CT molecular complexity index is 870. The van der Waals surface area contributed by atoms with Gasteiger partial charge in [0.1, 0.15) is 12.4 Å². The SMILES string of the molecule is CCc1nc2ccccc2n1CC(=O)NCc1ccccc1COC. The van der Waals surface area contributed by atoms with Gasteiger partial charge >= 0.3 is 0 Å². The van der Waals surface area contributed by atoms with Crippen molar-refractivity contribution in [2.24, 2.45) is 0 Å². The Morgan fingerprint density at radius 2 is 1.84 bits per heavy atom. The molecular weight excluding hydrogens is 314 g/mol. The number of benzene rings is 2. The zero-order valence-electron chi connectivity index (χ0n) is 14.7. The number of carbonyl (C=O) groups excluding carboxylic acids is 1. The lowest BCUT2D eigenvalue weighted by molar-refractivity contribution is -0.121. The molecule has 0 fully saturated rings. The van der Waals surface area contributed by atoms with Crippen molar-refractivity contribution in [3.05, 3.63) is 65.5 Å². The number of rotatable bonds is 7. The summed E-state index contributed by atoms with van der Waals surface area (Å²) in [6, 6.07) is 15.9. The predicted octanol–water partition coefficient (Wildman–Crippen LogP) is 3.06. The summed E-state index contributed by atoms with van der Waals surface area (Å²) in [6.07, 6.45) is 0.790. The molecule has 3 rings (SSSR count). The zero-order valence-corrected chi connectivity index (χ0v) is 14.7. The van der Waals surface area contributed by atoms with Crippen LogP contribution in [0.2, 0.25) is 0 Å². The number of aryl methyl sites for hydroxylation is 1. The van der Waals surface area contributed by atoms with E-state index in [0.29, 0.717) is 13.2 Å². The summed E-state index contributed by atoms with van der Waals surface area (Å²) in [6.45, 7) is 3.36. The van der Waals surface area contributed by atoms with Gasteiger partial charge in [-0.3, -0.25) is 4.79 Å². The number of nitrogens with one attached hydrogen (secondary N) is 1. The molecule has 2 aromatic carbocycles. The van der Waals surface area contributed by atoms with Gasteiger partial charge in [-0.25, -0.2) is 4.98 Å². The number of nitrogens with zero attached hydrogens (tertiary/aromatic N) is 2. The largest absolute Gasteiger partial charge is 0.380 e. The van der Waals surface area contributed by atoms with Gasteiger partial charge in [-0.05, 0) is 23.3 Å². The van der Waals surface area contributed by atoms with E-state index in [2.05, 4.69) is 17.2 Å². The predicted molar refractivity (Wildman–Crippen MR) is 98.1 cm³/mol. The Morgan fingerprint density at radius 1 is 1.12 bits per heavy atom. The fraction of sp³-hybridized carbons (Fsp3) is 0.300. The van der Waals surface area contributed by atoms with Crippen molar-refractivity contribution in [2.75, 3.05) is 7.11 Å². The molecule has 0 bridgehead atoms. The number of para-hydroxylation sites is 2. The number of amides is 1. The van der Waals surface area contributed by atoms with Crippen LogP contribution in [0.15, 0.2) is 48.5 Å². The van der Waals surface area contributed by atoms with E-state index in [1.807, 2.05) is 53.1 Å². The molecule has 130 valence electrons. The van der Waals surface area contributed by atoms with Gasteiger partial charge in [-0.1, -0.05) is 43.3 Å². The minimum absolute atomic E-state index is 0.0231. The van der Waals surface area contributed by atoms with E-state index < -0.39 is 0 Å². The van der Waals surface area contributed by atoms with Crippen LogP contribution < -0.4 is 5.32 Å². The molecule has 5 nitrogen and oxygen atoms in total. The van der Waals surface area contributed by atoms with E-state index >= 15 is 0 Å². The summed E-state index contributed by atoms with van der Waals surface area (Å²) in [5, 5.41) is 3.01. The van der Waals surface area contributed by atoms with Crippen LogP contribution in [-0.2, 0) is 35.6 Å². The number of hydrogen-bond donors (Lipinski definition) is 1. The van der Waals surface area contributed by atoms with Crippen molar-refractivity contribution in [3.8, 4) is 0 Å². The molecular formula is C20H23N3O2. The van der Waals surface area contributed by atoms with Gasteiger partial charge in [0, 0.05) is 20.1 Å². The second-order valence-corrected chi connectivity index (χ2v) is 5.93. The van der Waals surface area contributed by atoms with Crippen molar-refractivity contribution >= 4 is 16.9 Å². The van der Waals surface area contributed by atoms with E-state index in [0.717, 1.165) is 34.4 Å². The Labute approximate surface area is 147 Å². The minimum atomic E-state index is -0.0231. The molecule has 0 spiro atoms. The summed E-state index contributed by atoms with van der Waals surface area (Å²) in [5.74, 6) is 0.904. The molecule has 1 heterocycles. The fourth-order valence-electron chi connectivity index (χ4n) is 2.99. The molecule has 0 aliphatic heterocycles. The van der Waals surface area contributed by atoms with Crippen LogP contribution in [0.4, 0.5) is 0 Å². The van der Waals surface area contributed by atoms with E-state index in [9.17, 15) is 4.79 Å². The van der Waals surface area contributed by atoms with Gasteiger partial charge in [-0.15, -0.1) is 0 Å². The highest BCUT2D eigenvalue weighted by atomic mass is 16.5. The monoisotopic (exact) mass is 337 g/mol. The molecule has 0 aliphatic carbocycles. The Hall–Kier alpha value is -2.66. The maximum Gasteiger partial charge on any atom is 0.240 e. The maximum atomic E-state index is 12.5. The lowest BCUT2D eigenvalue weighted by atomic mass is 10.1. The lowest BCUT2D eigenvalue weighted by Gasteiger charge is -2.12. The smallest absolute Gasteiger partial charge is 0.240 e.